The quantitative estimate of drug-likeness (QED) is 0.911. The fourth-order valence-electron chi connectivity index (χ4n) is 4.11. The number of benzene rings is 1. The van der Waals surface area contributed by atoms with Crippen molar-refractivity contribution in [3.63, 3.8) is 0 Å². The molecule has 1 amide bonds. The number of hydrogen-bond donors (Lipinski definition) is 1. The van der Waals surface area contributed by atoms with E-state index in [1.54, 1.807) is 0 Å². The largest absolute Gasteiger partial charge is 0.401 e. The number of fused-ring (bicyclic) bond motifs is 3. The lowest BCUT2D eigenvalue weighted by atomic mass is 10.0. The molecule has 1 N–H and O–H groups in total. The highest BCUT2D eigenvalue weighted by Gasteiger charge is 2.56. The van der Waals surface area contributed by atoms with E-state index in [1.807, 2.05) is 12.1 Å². The van der Waals surface area contributed by atoms with E-state index in [-0.39, 0.29) is 31.7 Å². The average molecular weight is 340 g/mol. The molecule has 1 saturated carbocycles. The van der Waals surface area contributed by atoms with Crippen molar-refractivity contribution in [2.24, 2.45) is 5.92 Å². The summed E-state index contributed by atoms with van der Waals surface area (Å²) in [6, 6.07) is 7.34. The number of ether oxygens (including phenoxy) is 1. The van der Waals surface area contributed by atoms with E-state index in [0.717, 1.165) is 6.42 Å². The molecule has 4 rings (SSSR count). The molecule has 4 nitrogen and oxygen atoms in total. The van der Waals surface area contributed by atoms with E-state index >= 15 is 0 Å². The molecule has 0 aromatic heterocycles. The van der Waals surface area contributed by atoms with E-state index in [0.29, 0.717) is 11.8 Å². The maximum atomic E-state index is 12.7. The molecule has 4 atom stereocenters. The normalized spacial score (nSPS) is 32.1. The number of nitrogens with one attached hydrogen (secondary N) is 1. The number of halogens is 3. The minimum Gasteiger partial charge on any atom is -0.378 e. The Morgan fingerprint density at radius 3 is 2.92 bits per heavy atom. The summed E-state index contributed by atoms with van der Waals surface area (Å²) in [4.78, 5) is 13.7. The number of alkyl halides is 3. The van der Waals surface area contributed by atoms with Gasteiger partial charge in [0, 0.05) is 18.5 Å². The fourth-order valence-corrected chi connectivity index (χ4v) is 4.11. The summed E-state index contributed by atoms with van der Waals surface area (Å²) < 4.78 is 43.3. The lowest BCUT2D eigenvalue weighted by Gasteiger charge is -2.35. The third kappa shape index (κ3) is 2.91. The van der Waals surface area contributed by atoms with Gasteiger partial charge in [-0.05, 0) is 23.5 Å². The van der Waals surface area contributed by atoms with Crippen LogP contribution in [0.25, 0.3) is 0 Å². The molecule has 1 aromatic carbocycles. The van der Waals surface area contributed by atoms with Crippen molar-refractivity contribution in [1.82, 2.24) is 10.2 Å². The molecule has 130 valence electrons. The van der Waals surface area contributed by atoms with Crippen LogP contribution in [0.1, 0.15) is 17.0 Å². The number of amides is 1. The van der Waals surface area contributed by atoms with Crippen molar-refractivity contribution in [3.8, 4) is 0 Å². The summed E-state index contributed by atoms with van der Waals surface area (Å²) in [5, 5.41) is 2.95. The zero-order chi connectivity index (χ0) is 16.9. The minimum absolute atomic E-state index is 0.0144. The molecule has 2 fully saturated rings. The topological polar surface area (TPSA) is 41.6 Å². The van der Waals surface area contributed by atoms with Gasteiger partial charge in [-0.2, -0.15) is 13.2 Å². The summed E-state index contributed by atoms with van der Waals surface area (Å²) in [5.74, 6) is 0.341. The lowest BCUT2D eigenvalue weighted by molar-refractivity contribution is -0.166. The Hall–Kier alpha value is -1.60. The number of morpholine rings is 1. The summed E-state index contributed by atoms with van der Waals surface area (Å²) >= 11 is 0. The van der Waals surface area contributed by atoms with Crippen LogP contribution in [0.2, 0.25) is 0 Å². The van der Waals surface area contributed by atoms with Gasteiger partial charge in [0.15, 0.2) is 0 Å². The van der Waals surface area contributed by atoms with E-state index in [4.69, 9.17) is 4.74 Å². The SMILES string of the molecule is O=C(N[C@@H]1[C@@H]2Cc3ccccc3[C@H]21)[C@@H]1COCCN1CC(F)(F)F. The standard InChI is InChI=1S/C17H19F3N2O2/c18-17(19,20)9-22-5-6-24-8-13(22)16(23)21-15-12-7-10-3-1-2-4-11(10)14(12)15/h1-4,12-15H,5-9H2,(H,21,23)/t12-,13+,14-,15-/m1/s1. The van der Waals surface area contributed by atoms with Gasteiger partial charge >= 0.3 is 6.18 Å². The van der Waals surface area contributed by atoms with Gasteiger partial charge in [-0.15, -0.1) is 0 Å². The van der Waals surface area contributed by atoms with Crippen molar-refractivity contribution in [3.05, 3.63) is 35.4 Å². The maximum Gasteiger partial charge on any atom is 0.401 e. The number of carbonyl (C=O) groups excluding carboxylic acids is 1. The summed E-state index contributed by atoms with van der Waals surface area (Å²) in [6.45, 7) is -0.713. The van der Waals surface area contributed by atoms with Crippen molar-refractivity contribution in [2.75, 3.05) is 26.3 Å². The maximum absolute atomic E-state index is 12.7. The molecule has 1 aliphatic heterocycles. The predicted molar refractivity (Wildman–Crippen MR) is 80.5 cm³/mol. The molecule has 1 saturated heterocycles. The van der Waals surface area contributed by atoms with Gasteiger partial charge in [0.05, 0.1) is 19.8 Å². The Bertz CT molecular complexity index is 649. The van der Waals surface area contributed by atoms with Gasteiger partial charge in [0.25, 0.3) is 0 Å². The second kappa shape index (κ2) is 5.74. The highest BCUT2D eigenvalue weighted by atomic mass is 19.4. The van der Waals surface area contributed by atoms with Crippen LogP contribution in [-0.2, 0) is 16.0 Å². The smallest absolute Gasteiger partial charge is 0.378 e. The van der Waals surface area contributed by atoms with E-state index in [2.05, 4.69) is 17.4 Å². The third-order valence-corrected chi connectivity index (χ3v) is 5.27. The first-order valence-electron chi connectivity index (χ1n) is 8.21. The predicted octanol–water partition coefficient (Wildman–Crippen LogP) is 1.70. The molecular weight excluding hydrogens is 321 g/mol. The Labute approximate surface area is 138 Å². The molecule has 0 bridgehead atoms. The van der Waals surface area contributed by atoms with E-state index < -0.39 is 18.8 Å². The monoisotopic (exact) mass is 340 g/mol. The second-order valence-electron chi connectivity index (χ2n) is 6.80. The first kappa shape index (κ1) is 15.9. The lowest BCUT2D eigenvalue weighted by Crippen LogP contribution is -2.56. The third-order valence-electron chi connectivity index (χ3n) is 5.27. The van der Waals surface area contributed by atoms with Crippen LogP contribution in [0.3, 0.4) is 0 Å². The summed E-state index contributed by atoms with van der Waals surface area (Å²) in [5.41, 5.74) is 2.58. The average Bonchev–Trinajstić information content (AvgIpc) is 3.03. The highest BCUT2D eigenvalue weighted by Crippen LogP contribution is 2.56. The minimum atomic E-state index is -4.31. The molecule has 2 aliphatic carbocycles. The second-order valence-corrected chi connectivity index (χ2v) is 6.80. The van der Waals surface area contributed by atoms with Crippen LogP contribution in [0.4, 0.5) is 13.2 Å². The van der Waals surface area contributed by atoms with Crippen LogP contribution in [-0.4, -0.2) is 55.4 Å². The molecule has 1 aromatic rings. The fraction of sp³-hybridized carbons (Fsp3) is 0.588. The van der Waals surface area contributed by atoms with Crippen molar-refractivity contribution in [1.29, 1.82) is 0 Å². The van der Waals surface area contributed by atoms with Crippen LogP contribution < -0.4 is 5.32 Å². The Morgan fingerprint density at radius 2 is 2.12 bits per heavy atom. The molecule has 1 heterocycles. The number of hydrogen-bond acceptors (Lipinski definition) is 3. The molecule has 3 aliphatic rings. The first-order chi connectivity index (χ1) is 11.4. The molecule has 0 spiro atoms. The van der Waals surface area contributed by atoms with Gasteiger partial charge < -0.3 is 10.1 Å². The van der Waals surface area contributed by atoms with Gasteiger partial charge in [0.1, 0.15) is 6.04 Å². The summed E-state index contributed by atoms with van der Waals surface area (Å²) in [7, 11) is 0. The molecule has 24 heavy (non-hydrogen) atoms. The van der Waals surface area contributed by atoms with Crippen molar-refractivity contribution < 1.29 is 22.7 Å². The molecule has 0 radical (unpaired) electrons. The van der Waals surface area contributed by atoms with Gasteiger partial charge in [0.2, 0.25) is 5.91 Å². The van der Waals surface area contributed by atoms with Crippen LogP contribution in [0, 0.1) is 5.92 Å². The zero-order valence-electron chi connectivity index (χ0n) is 13.1. The Kier molecular flexibility index (Phi) is 3.80. The number of rotatable bonds is 3. The van der Waals surface area contributed by atoms with Gasteiger partial charge in [-0.3, -0.25) is 9.69 Å². The van der Waals surface area contributed by atoms with Crippen LogP contribution in [0.5, 0.6) is 0 Å². The number of carbonyl (C=O) groups is 1. The van der Waals surface area contributed by atoms with Gasteiger partial charge in [-0.25, -0.2) is 0 Å². The molecule has 7 heteroatoms. The van der Waals surface area contributed by atoms with Crippen LogP contribution in [0.15, 0.2) is 24.3 Å². The molecular formula is C17H19F3N2O2. The van der Waals surface area contributed by atoms with E-state index in [9.17, 15) is 18.0 Å². The Balaban J connectivity index is 1.40. The summed E-state index contributed by atoms with van der Waals surface area (Å²) in [6.07, 6.45) is -3.38. The highest BCUT2D eigenvalue weighted by molar-refractivity contribution is 5.83. The van der Waals surface area contributed by atoms with E-state index in [1.165, 1.54) is 16.0 Å². The van der Waals surface area contributed by atoms with Crippen molar-refractivity contribution >= 4 is 5.91 Å². The first-order valence-corrected chi connectivity index (χ1v) is 8.21. The zero-order valence-corrected chi connectivity index (χ0v) is 13.1. The van der Waals surface area contributed by atoms with Gasteiger partial charge in [-0.1, -0.05) is 24.3 Å². The Morgan fingerprint density at radius 1 is 1.33 bits per heavy atom. The van der Waals surface area contributed by atoms with Crippen molar-refractivity contribution in [2.45, 2.75) is 30.6 Å². The van der Waals surface area contributed by atoms with Crippen LogP contribution >= 0.6 is 0 Å². The molecule has 0 unspecified atom stereocenters. The number of nitrogens with zero attached hydrogens (tertiary/aromatic N) is 1.